The molecule has 0 saturated carbocycles. The molecule has 0 heterocycles. The third-order valence-corrected chi connectivity index (χ3v) is 6.49. The number of alkyl halides is 3. The van der Waals surface area contributed by atoms with Gasteiger partial charge in [-0.3, -0.25) is 4.79 Å². The molecule has 0 fully saturated rings. The molecular weight excluding hydrogens is 469 g/mol. The van der Waals surface area contributed by atoms with Gasteiger partial charge in [0.25, 0.3) is 0 Å². The molecule has 9 nitrogen and oxygen atoms in total. The van der Waals surface area contributed by atoms with E-state index in [2.05, 4.69) is 10.1 Å². The largest absolute Gasteiger partial charge is 0.467 e. The van der Waals surface area contributed by atoms with Crippen molar-refractivity contribution in [3.8, 4) is 0 Å². The number of rotatable bonds is 7. The van der Waals surface area contributed by atoms with Gasteiger partial charge >= 0.3 is 12.1 Å². The molecule has 1 aliphatic carbocycles. The van der Waals surface area contributed by atoms with Crippen LogP contribution in [0.4, 0.5) is 13.2 Å². The Morgan fingerprint density at radius 1 is 1.21 bits per heavy atom. The number of amides is 1. The highest BCUT2D eigenvalue weighted by Crippen LogP contribution is 2.31. The summed E-state index contributed by atoms with van der Waals surface area (Å²) in [5, 5.41) is 22.8. The van der Waals surface area contributed by atoms with Crippen LogP contribution in [0.15, 0.2) is 40.8 Å². The summed E-state index contributed by atoms with van der Waals surface area (Å²) in [6.07, 6.45) is -7.30. The van der Waals surface area contributed by atoms with Gasteiger partial charge in [-0.05, 0) is 24.1 Å². The van der Waals surface area contributed by atoms with Gasteiger partial charge in [0.05, 0.1) is 29.7 Å². The number of esters is 1. The molecule has 0 aliphatic heterocycles. The van der Waals surface area contributed by atoms with Gasteiger partial charge in [0.15, 0.2) is 0 Å². The Bertz CT molecular complexity index is 1020. The fourth-order valence-electron chi connectivity index (χ4n) is 3.19. The molecule has 0 saturated heterocycles. The Labute approximate surface area is 188 Å². The summed E-state index contributed by atoms with van der Waals surface area (Å²) < 4.78 is 70.7. The molecule has 1 amide bonds. The van der Waals surface area contributed by atoms with E-state index in [-0.39, 0.29) is 17.9 Å². The average Bonchev–Trinajstić information content (AvgIpc) is 2.73. The predicted octanol–water partition coefficient (Wildman–Crippen LogP) is 0.718. The number of nitrogens with one attached hydrogen (secondary N) is 2. The van der Waals surface area contributed by atoms with Gasteiger partial charge in [0.2, 0.25) is 15.9 Å². The standard InChI is InChI=1S/C20H25F3N2O7S/c1-10(2)16(19(29)32-3)24-18(28)11-7-14(17(27)15(26)8-11)25-33(30,31)13-6-4-5-12(9-13)20(21,22)23/h4-7,9-10,14-17,25-27H,8H2,1-3H3,(H,24,28)/t14-,15-,16-,17-/m1/s1. The lowest BCUT2D eigenvalue weighted by atomic mass is 9.90. The lowest BCUT2D eigenvalue weighted by Crippen LogP contribution is -2.52. The molecule has 184 valence electrons. The summed E-state index contributed by atoms with van der Waals surface area (Å²) in [6, 6.07) is 0.431. The van der Waals surface area contributed by atoms with Crippen LogP contribution in [-0.2, 0) is 30.5 Å². The summed E-state index contributed by atoms with van der Waals surface area (Å²) in [5.41, 5.74) is -1.31. The molecule has 4 atom stereocenters. The van der Waals surface area contributed by atoms with Crippen LogP contribution >= 0.6 is 0 Å². The second-order valence-corrected chi connectivity index (χ2v) is 9.56. The highest BCUT2D eigenvalue weighted by molar-refractivity contribution is 7.89. The first-order chi connectivity index (χ1) is 15.2. The van der Waals surface area contributed by atoms with Crippen molar-refractivity contribution >= 4 is 21.9 Å². The van der Waals surface area contributed by atoms with Crippen molar-refractivity contribution in [3.05, 3.63) is 41.5 Å². The number of sulfonamides is 1. The van der Waals surface area contributed by atoms with E-state index < -0.39 is 62.8 Å². The lowest BCUT2D eigenvalue weighted by Gasteiger charge is -2.31. The van der Waals surface area contributed by atoms with E-state index >= 15 is 0 Å². The van der Waals surface area contributed by atoms with Crippen molar-refractivity contribution in [1.82, 2.24) is 10.0 Å². The van der Waals surface area contributed by atoms with Crippen LogP contribution in [0.3, 0.4) is 0 Å². The molecule has 1 aliphatic rings. The predicted molar refractivity (Wildman–Crippen MR) is 109 cm³/mol. The van der Waals surface area contributed by atoms with Crippen molar-refractivity contribution in [2.45, 2.75) is 55.6 Å². The van der Waals surface area contributed by atoms with Gasteiger partial charge in [0.1, 0.15) is 12.1 Å². The van der Waals surface area contributed by atoms with E-state index in [0.29, 0.717) is 12.1 Å². The molecule has 2 rings (SSSR count). The molecule has 0 radical (unpaired) electrons. The van der Waals surface area contributed by atoms with Crippen LogP contribution < -0.4 is 10.0 Å². The molecule has 4 N–H and O–H groups in total. The number of carbonyl (C=O) groups excluding carboxylic acids is 2. The first kappa shape index (κ1) is 26.8. The first-order valence-electron chi connectivity index (χ1n) is 9.82. The van der Waals surface area contributed by atoms with E-state index in [0.717, 1.165) is 25.3 Å². The van der Waals surface area contributed by atoms with Gasteiger partial charge in [0, 0.05) is 12.0 Å². The van der Waals surface area contributed by atoms with Crippen LogP contribution in [0.2, 0.25) is 0 Å². The molecule has 0 unspecified atom stereocenters. The average molecular weight is 494 g/mol. The first-order valence-corrected chi connectivity index (χ1v) is 11.3. The third-order valence-electron chi connectivity index (χ3n) is 5.03. The van der Waals surface area contributed by atoms with Gasteiger partial charge in [-0.25, -0.2) is 17.9 Å². The number of hydrogen-bond acceptors (Lipinski definition) is 7. The normalized spacial score (nSPS) is 22.5. The van der Waals surface area contributed by atoms with Crippen molar-refractivity contribution in [3.63, 3.8) is 0 Å². The zero-order valence-corrected chi connectivity index (χ0v) is 18.8. The van der Waals surface area contributed by atoms with Gasteiger partial charge in [-0.15, -0.1) is 0 Å². The smallest absolute Gasteiger partial charge is 0.416 e. The van der Waals surface area contributed by atoms with Crippen molar-refractivity contribution in [2.75, 3.05) is 7.11 Å². The number of methoxy groups -OCH3 is 1. The Hall–Kier alpha value is -2.48. The maximum absolute atomic E-state index is 12.9. The van der Waals surface area contributed by atoms with E-state index in [1.807, 2.05) is 4.72 Å². The SMILES string of the molecule is COC(=O)[C@H](NC(=O)C1=C[C@@H](NS(=O)(=O)c2cccc(C(F)(F)F)c2)[C@@H](O)[C@H](O)C1)C(C)C. The number of halogens is 3. The summed E-state index contributed by atoms with van der Waals surface area (Å²) in [6.45, 7) is 3.31. The topological polar surface area (TPSA) is 142 Å². The Morgan fingerprint density at radius 3 is 2.39 bits per heavy atom. The van der Waals surface area contributed by atoms with Crippen molar-refractivity contribution in [1.29, 1.82) is 0 Å². The second kappa shape index (κ2) is 10.2. The second-order valence-electron chi connectivity index (χ2n) is 7.84. The van der Waals surface area contributed by atoms with Crippen LogP contribution in [0.5, 0.6) is 0 Å². The maximum Gasteiger partial charge on any atom is 0.416 e. The Morgan fingerprint density at radius 2 is 1.85 bits per heavy atom. The van der Waals surface area contributed by atoms with Gasteiger partial charge in [-0.1, -0.05) is 26.0 Å². The molecule has 1 aromatic carbocycles. The van der Waals surface area contributed by atoms with E-state index in [9.17, 15) is 41.4 Å². The van der Waals surface area contributed by atoms with Gasteiger partial charge in [-0.2, -0.15) is 13.2 Å². The minimum atomic E-state index is -4.77. The number of carbonyl (C=O) groups is 2. The van der Waals surface area contributed by atoms with E-state index in [4.69, 9.17) is 0 Å². The minimum absolute atomic E-state index is 0.126. The van der Waals surface area contributed by atoms with Gasteiger partial charge < -0.3 is 20.3 Å². The van der Waals surface area contributed by atoms with E-state index in [1.54, 1.807) is 13.8 Å². The highest BCUT2D eigenvalue weighted by Gasteiger charge is 2.37. The zero-order chi connectivity index (χ0) is 25.1. The monoisotopic (exact) mass is 494 g/mol. The van der Waals surface area contributed by atoms with Crippen LogP contribution in [0.1, 0.15) is 25.8 Å². The minimum Gasteiger partial charge on any atom is -0.467 e. The molecule has 0 bridgehead atoms. The zero-order valence-electron chi connectivity index (χ0n) is 18.0. The molecule has 1 aromatic rings. The van der Waals surface area contributed by atoms with Crippen LogP contribution in [0, 0.1) is 5.92 Å². The summed E-state index contributed by atoms with van der Waals surface area (Å²) in [5.74, 6) is -1.86. The van der Waals surface area contributed by atoms with Crippen molar-refractivity contribution in [2.24, 2.45) is 5.92 Å². The quantitative estimate of drug-likeness (QED) is 0.409. The molecular formula is C20H25F3N2O7S. The maximum atomic E-state index is 12.9. The molecule has 13 heteroatoms. The van der Waals surface area contributed by atoms with E-state index in [1.165, 1.54) is 0 Å². The Balaban J connectivity index is 2.31. The van der Waals surface area contributed by atoms with Crippen LogP contribution in [0.25, 0.3) is 0 Å². The lowest BCUT2D eigenvalue weighted by molar-refractivity contribution is -0.146. The Kier molecular flexibility index (Phi) is 8.27. The number of aliphatic hydroxyl groups excluding tert-OH is 2. The summed E-state index contributed by atoms with van der Waals surface area (Å²) in [7, 11) is -3.43. The van der Waals surface area contributed by atoms with Crippen molar-refractivity contribution < 1.29 is 46.1 Å². The highest BCUT2D eigenvalue weighted by atomic mass is 32.2. The fraction of sp³-hybridized carbons (Fsp3) is 0.500. The number of hydrogen-bond donors (Lipinski definition) is 4. The summed E-state index contributed by atoms with van der Waals surface area (Å²) in [4.78, 5) is 23.8. The number of benzene rings is 1. The molecule has 33 heavy (non-hydrogen) atoms. The fourth-order valence-corrected chi connectivity index (χ4v) is 4.43. The number of ether oxygens (including phenoxy) is 1. The summed E-state index contributed by atoms with van der Waals surface area (Å²) >= 11 is 0. The number of aliphatic hydroxyl groups is 2. The third kappa shape index (κ3) is 6.53. The molecule has 0 spiro atoms. The molecule has 0 aromatic heterocycles. The van der Waals surface area contributed by atoms with Crippen LogP contribution in [-0.4, -0.2) is 61.9 Å².